The standard InChI is InChI=1S/C18H15NO3S/c20-15(21)11-12-23-18-19-16(13-7-3-1-4-8-13)17(22-18)14-9-5-2-6-10-14/h1-10H,11-12H2,(H,20,21). The number of oxazole rings is 1. The summed E-state index contributed by atoms with van der Waals surface area (Å²) in [7, 11) is 0. The summed E-state index contributed by atoms with van der Waals surface area (Å²) in [6.45, 7) is 0. The number of aromatic nitrogens is 1. The lowest BCUT2D eigenvalue weighted by atomic mass is 10.1. The number of carboxylic acids is 1. The minimum Gasteiger partial charge on any atom is -0.481 e. The van der Waals surface area contributed by atoms with E-state index in [4.69, 9.17) is 9.52 Å². The molecule has 0 saturated heterocycles. The maximum absolute atomic E-state index is 10.6. The second-order valence-electron chi connectivity index (χ2n) is 4.88. The third-order valence-corrected chi connectivity index (χ3v) is 4.06. The van der Waals surface area contributed by atoms with Gasteiger partial charge in [0.1, 0.15) is 5.69 Å². The fourth-order valence-corrected chi connectivity index (χ4v) is 2.91. The van der Waals surface area contributed by atoms with Crippen LogP contribution in [0.3, 0.4) is 0 Å². The van der Waals surface area contributed by atoms with E-state index in [0.29, 0.717) is 16.7 Å². The highest BCUT2D eigenvalue weighted by molar-refractivity contribution is 7.99. The molecule has 0 amide bonds. The Hall–Kier alpha value is -2.53. The Labute approximate surface area is 138 Å². The maximum atomic E-state index is 10.6. The zero-order valence-corrected chi connectivity index (χ0v) is 13.1. The fourth-order valence-electron chi connectivity index (χ4n) is 2.16. The zero-order chi connectivity index (χ0) is 16.1. The molecule has 4 nitrogen and oxygen atoms in total. The minimum absolute atomic E-state index is 0.0778. The van der Waals surface area contributed by atoms with Gasteiger partial charge in [-0.2, -0.15) is 0 Å². The molecular formula is C18H15NO3S. The van der Waals surface area contributed by atoms with Gasteiger partial charge in [-0.1, -0.05) is 72.4 Å². The number of benzene rings is 2. The monoisotopic (exact) mass is 325 g/mol. The summed E-state index contributed by atoms with van der Waals surface area (Å²) in [5.74, 6) is 0.309. The fraction of sp³-hybridized carbons (Fsp3) is 0.111. The molecule has 116 valence electrons. The van der Waals surface area contributed by atoms with Crippen molar-refractivity contribution in [2.24, 2.45) is 0 Å². The quantitative estimate of drug-likeness (QED) is 0.672. The lowest BCUT2D eigenvalue weighted by Crippen LogP contribution is -1.95. The molecule has 0 aliphatic carbocycles. The molecule has 0 unspecified atom stereocenters. The van der Waals surface area contributed by atoms with Crippen LogP contribution in [-0.4, -0.2) is 21.8 Å². The van der Waals surface area contributed by atoms with Crippen LogP contribution in [0.25, 0.3) is 22.6 Å². The SMILES string of the molecule is O=C(O)CCSc1nc(-c2ccccc2)c(-c2ccccc2)o1. The van der Waals surface area contributed by atoms with Crippen molar-refractivity contribution < 1.29 is 14.3 Å². The molecule has 23 heavy (non-hydrogen) atoms. The van der Waals surface area contributed by atoms with E-state index in [1.807, 2.05) is 60.7 Å². The normalized spacial score (nSPS) is 10.6. The van der Waals surface area contributed by atoms with Crippen molar-refractivity contribution >= 4 is 17.7 Å². The van der Waals surface area contributed by atoms with Crippen LogP contribution in [0.1, 0.15) is 6.42 Å². The van der Waals surface area contributed by atoms with Crippen LogP contribution in [0.2, 0.25) is 0 Å². The van der Waals surface area contributed by atoms with Crippen molar-refractivity contribution in [2.45, 2.75) is 11.6 Å². The van der Waals surface area contributed by atoms with Gasteiger partial charge in [-0.25, -0.2) is 4.98 Å². The van der Waals surface area contributed by atoms with Crippen LogP contribution in [0.15, 0.2) is 70.3 Å². The minimum atomic E-state index is -0.823. The first-order valence-corrected chi connectivity index (χ1v) is 8.19. The van der Waals surface area contributed by atoms with Gasteiger partial charge < -0.3 is 9.52 Å². The van der Waals surface area contributed by atoms with E-state index in [1.165, 1.54) is 11.8 Å². The molecular weight excluding hydrogens is 310 g/mol. The third-order valence-electron chi connectivity index (χ3n) is 3.23. The Morgan fingerprint density at radius 3 is 2.22 bits per heavy atom. The number of nitrogens with zero attached hydrogens (tertiary/aromatic N) is 1. The topological polar surface area (TPSA) is 63.3 Å². The van der Waals surface area contributed by atoms with Gasteiger partial charge in [0, 0.05) is 16.9 Å². The third kappa shape index (κ3) is 3.81. The van der Waals surface area contributed by atoms with Crippen LogP contribution in [0, 0.1) is 0 Å². The highest BCUT2D eigenvalue weighted by Gasteiger charge is 2.17. The van der Waals surface area contributed by atoms with E-state index in [0.717, 1.165) is 16.8 Å². The number of hydrogen-bond acceptors (Lipinski definition) is 4. The molecule has 0 aliphatic rings. The first kappa shape index (κ1) is 15.4. The van der Waals surface area contributed by atoms with Crippen molar-refractivity contribution in [1.82, 2.24) is 4.98 Å². The largest absolute Gasteiger partial charge is 0.481 e. The summed E-state index contributed by atoms with van der Waals surface area (Å²) in [5, 5.41) is 9.23. The summed E-state index contributed by atoms with van der Waals surface area (Å²) in [5.41, 5.74) is 2.69. The van der Waals surface area contributed by atoms with Gasteiger partial charge in [0.2, 0.25) is 0 Å². The maximum Gasteiger partial charge on any atom is 0.304 e. The number of rotatable bonds is 6. The van der Waals surface area contributed by atoms with Gasteiger partial charge in [0.15, 0.2) is 5.76 Å². The van der Waals surface area contributed by atoms with E-state index in [1.54, 1.807) is 0 Å². The predicted octanol–water partition coefficient (Wildman–Crippen LogP) is 4.58. The molecule has 1 aromatic heterocycles. The van der Waals surface area contributed by atoms with Gasteiger partial charge in [-0.05, 0) is 0 Å². The van der Waals surface area contributed by atoms with E-state index < -0.39 is 5.97 Å². The molecule has 0 saturated carbocycles. The van der Waals surface area contributed by atoms with E-state index in [2.05, 4.69) is 4.98 Å². The molecule has 5 heteroatoms. The lowest BCUT2D eigenvalue weighted by Gasteiger charge is -2.00. The number of carboxylic acid groups (broad SMARTS) is 1. The molecule has 0 spiro atoms. The summed E-state index contributed by atoms with van der Waals surface area (Å²) < 4.78 is 5.90. The Bertz CT molecular complexity index is 728. The molecule has 0 radical (unpaired) electrons. The van der Waals surface area contributed by atoms with Crippen LogP contribution in [-0.2, 0) is 4.79 Å². The second-order valence-corrected chi connectivity index (χ2v) is 5.93. The Kier molecular flexibility index (Phi) is 4.78. The molecule has 1 heterocycles. The van der Waals surface area contributed by atoms with Crippen molar-refractivity contribution in [2.75, 3.05) is 5.75 Å². The van der Waals surface area contributed by atoms with E-state index in [-0.39, 0.29) is 6.42 Å². The molecule has 1 N–H and O–H groups in total. The van der Waals surface area contributed by atoms with Gasteiger partial charge >= 0.3 is 5.97 Å². The van der Waals surface area contributed by atoms with Gasteiger partial charge in [-0.15, -0.1) is 0 Å². The highest BCUT2D eigenvalue weighted by Crippen LogP contribution is 2.35. The van der Waals surface area contributed by atoms with Gasteiger partial charge in [0.25, 0.3) is 5.22 Å². The van der Waals surface area contributed by atoms with Crippen LogP contribution in [0.5, 0.6) is 0 Å². The summed E-state index contributed by atoms with van der Waals surface area (Å²) in [4.78, 5) is 15.2. The smallest absolute Gasteiger partial charge is 0.304 e. The van der Waals surface area contributed by atoms with Crippen molar-refractivity contribution in [3.05, 3.63) is 60.7 Å². The van der Waals surface area contributed by atoms with Crippen LogP contribution in [0.4, 0.5) is 0 Å². The van der Waals surface area contributed by atoms with Crippen molar-refractivity contribution in [3.63, 3.8) is 0 Å². The molecule has 0 bridgehead atoms. The number of thioether (sulfide) groups is 1. The average molecular weight is 325 g/mol. The summed E-state index contributed by atoms with van der Waals surface area (Å²) in [6, 6.07) is 19.6. The van der Waals surface area contributed by atoms with Crippen LogP contribution < -0.4 is 0 Å². The van der Waals surface area contributed by atoms with E-state index in [9.17, 15) is 4.79 Å². The second kappa shape index (κ2) is 7.15. The van der Waals surface area contributed by atoms with Crippen molar-refractivity contribution in [3.8, 4) is 22.6 Å². The van der Waals surface area contributed by atoms with E-state index >= 15 is 0 Å². The Morgan fingerprint density at radius 2 is 1.61 bits per heavy atom. The van der Waals surface area contributed by atoms with Gasteiger partial charge in [-0.3, -0.25) is 4.79 Å². The Balaban J connectivity index is 1.96. The van der Waals surface area contributed by atoms with Crippen LogP contribution >= 0.6 is 11.8 Å². The zero-order valence-electron chi connectivity index (χ0n) is 12.3. The van der Waals surface area contributed by atoms with Gasteiger partial charge in [0.05, 0.1) is 6.42 Å². The number of carbonyl (C=O) groups is 1. The molecule has 0 fully saturated rings. The van der Waals surface area contributed by atoms with Crippen molar-refractivity contribution in [1.29, 1.82) is 0 Å². The predicted molar refractivity (Wildman–Crippen MR) is 90.4 cm³/mol. The number of aliphatic carboxylic acids is 1. The molecule has 0 atom stereocenters. The molecule has 2 aromatic carbocycles. The molecule has 3 aromatic rings. The average Bonchev–Trinajstić information content (AvgIpc) is 3.00. The summed E-state index contributed by atoms with van der Waals surface area (Å²) in [6.07, 6.45) is 0.0778. The highest BCUT2D eigenvalue weighted by atomic mass is 32.2. The first-order chi connectivity index (χ1) is 11.2. The molecule has 0 aliphatic heterocycles. The Morgan fingerprint density at radius 1 is 1.00 bits per heavy atom. The molecule has 3 rings (SSSR count). The lowest BCUT2D eigenvalue weighted by molar-refractivity contribution is -0.136. The summed E-state index contributed by atoms with van der Waals surface area (Å²) >= 11 is 1.31. The first-order valence-electron chi connectivity index (χ1n) is 7.20. The number of hydrogen-bond donors (Lipinski definition) is 1.